The van der Waals surface area contributed by atoms with Gasteiger partial charge in [-0.25, -0.2) is 8.42 Å². The van der Waals surface area contributed by atoms with Crippen molar-refractivity contribution in [3.05, 3.63) is 53.6 Å². The van der Waals surface area contributed by atoms with E-state index in [0.717, 1.165) is 11.1 Å². The number of methoxy groups -OCH3 is 1. The Bertz CT molecular complexity index is 925. The fourth-order valence-electron chi connectivity index (χ4n) is 3.08. The van der Waals surface area contributed by atoms with Crippen molar-refractivity contribution in [2.45, 2.75) is 19.8 Å². The van der Waals surface area contributed by atoms with E-state index in [-0.39, 0.29) is 18.1 Å². The molecule has 1 N–H and O–H groups in total. The number of carbonyl (C=O) groups excluding carboxylic acids is 1. The van der Waals surface area contributed by atoms with Crippen LogP contribution in [0, 0.1) is 6.92 Å². The number of benzene rings is 2. The Hall–Kier alpha value is -2.54. The summed E-state index contributed by atoms with van der Waals surface area (Å²) >= 11 is 0. The molecule has 138 valence electrons. The normalized spacial score (nSPS) is 15.7. The van der Waals surface area contributed by atoms with Gasteiger partial charge in [-0.1, -0.05) is 29.8 Å². The van der Waals surface area contributed by atoms with Crippen LogP contribution in [0.15, 0.2) is 42.5 Å². The van der Waals surface area contributed by atoms with E-state index in [1.54, 1.807) is 18.2 Å². The number of carbonyl (C=O) groups is 1. The molecule has 2 aromatic carbocycles. The van der Waals surface area contributed by atoms with Gasteiger partial charge in [-0.2, -0.15) is 0 Å². The van der Waals surface area contributed by atoms with Crippen molar-refractivity contribution in [2.24, 2.45) is 0 Å². The highest BCUT2D eigenvalue weighted by molar-refractivity contribution is 7.93. The van der Waals surface area contributed by atoms with E-state index in [1.165, 1.54) is 11.4 Å². The van der Waals surface area contributed by atoms with Crippen LogP contribution in [-0.4, -0.2) is 33.7 Å². The molecule has 6 nitrogen and oxygen atoms in total. The lowest BCUT2D eigenvalue weighted by Gasteiger charge is -2.19. The molecule has 1 heterocycles. The second-order valence-corrected chi connectivity index (χ2v) is 8.35. The van der Waals surface area contributed by atoms with E-state index in [4.69, 9.17) is 4.74 Å². The Morgan fingerprint density at radius 3 is 2.69 bits per heavy atom. The quantitative estimate of drug-likeness (QED) is 0.873. The third-order valence-corrected chi connectivity index (χ3v) is 6.16. The Kier molecular flexibility index (Phi) is 5.18. The van der Waals surface area contributed by atoms with Gasteiger partial charge < -0.3 is 10.1 Å². The number of sulfonamides is 1. The predicted molar refractivity (Wildman–Crippen MR) is 102 cm³/mol. The SMILES string of the molecule is COc1ccc(N2CCCS2(=O)=O)cc1NC(=O)Cc1cccc(C)c1. The summed E-state index contributed by atoms with van der Waals surface area (Å²) in [5.41, 5.74) is 3.01. The topological polar surface area (TPSA) is 75.7 Å². The molecule has 0 saturated carbocycles. The average molecular weight is 374 g/mol. The number of aryl methyl sites for hydroxylation is 1. The Morgan fingerprint density at radius 2 is 2.04 bits per heavy atom. The number of hydrogen-bond acceptors (Lipinski definition) is 4. The molecule has 0 spiro atoms. The van der Waals surface area contributed by atoms with E-state index >= 15 is 0 Å². The lowest BCUT2D eigenvalue weighted by atomic mass is 10.1. The van der Waals surface area contributed by atoms with Gasteiger partial charge in [0.2, 0.25) is 15.9 Å². The Balaban J connectivity index is 1.82. The third kappa shape index (κ3) is 3.99. The molecule has 1 aliphatic heterocycles. The van der Waals surface area contributed by atoms with Gasteiger partial charge in [0, 0.05) is 6.54 Å². The fraction of sp³-hybridized carbons (Fsp3) is 0.316. The summed E-state index contributed by atoms with van der Waals surface area (Å²) in [7, 11) is -1.77. The molecule has 0 atom stereocenters. The number of nitrogens with zero attached hydrogens (tertiary/aromatic N) is 1. The van der Waals surface area contributed by atoms with Crippen LogP contribution in [0.2, 0.25) is 0 Å². The largest absolute Gasteiger partial charge is 0.495 e. The number of hydrogen-bond donors (Lipinski definition) is 1. The van der Waals surface area contributed by atoms with Gasteiger partial charge in [-0.05, 0) is 37.1 Å². The summed E-state index contributed by atoms with van der Waals surface area (Å²) in [6, 6.07) is 12.8. The second kappa shape index (κ2) is 7.37. The Morgan fingerprint density at radius 1 is 1.23 bits per heavy atom. The van der Waals surface area contributed by atoms with Gasteiger partial charge in [0.1, 0.15) is 5.75 Å². The van der Waals surface area contributed by atoms with Crippen molar-refractivity contribution in [1.29, 1.82) is 0 Å². The van der Waals surface area contributed by atoms with Crippen molar-refractivity contribution in [2.75, 3.05) is 29.0 Å². The maximum Gasteiger partial charge on any atom is 0.235 e. The highest BCUT2D eigenvalue weighted by Gasteiger charge is 2.29. The molecular weight excluding hydrogens is 352 g/mol. The average Bonchev–Trinajstić information content (AvgIpc) is 2.94. The summed E-state index contributed by atoms with van der Waals surface area (Å²) < 4.78 is 30.9. The highest BCUT2D eigenvalue weighted by Crippen LogP contribution is 2.32. The molecule has 7 heteroatoms. The first kappa shape index (κ1) is 18.3. The first-order valence-corrected chi connectivity index (χ1v) is 10.0. The van der Waals surface area contributed by atoms with Crippen molar-refractivity contribution in [3.8, 4) is 5.75 Å². The monoisotopic (exact) mass is 374 g/mol. The van der Waals surface area contributed by atoms with Crippen LogP contribution < -0.4 is 14.4 Å². The van der Waals surface area contributed by atoms with E-state index in [0.29, 0.717) is 30.1 Å². The standard InChI is InChI=1S/C19H22N2O4S/c1-14-5-3-6-15(11-14)12-19(22)20-17-13-16(7-8-18(17)25-2)21-9-4-10-26(21,23)24/h3,5-8,11,13H,4,9-10,12H2,1-2H3,(H,20,22). The zero-order chi connectivity index (χ0) is 18.7. The van der Waals surface area contributed by atoms with Gasteiger partial charge in [0.25, 0.3) is 0 Å². The number of ether oxygens (including phenoxy) is 1. The first-order chi connectivity index (χ1) is 12.4. The third-order valence-electron chi connectivity index (χ3n) is 4.29. The van der Waals surface area contributed by atoms with Crippen molar-refractivity contribution in [3.63, 3.8) is 0 Å². The molecule has 0 radical (unpaired) electrons. The molecule has 1 amide bonds. The van der Waals surface area contributed by atoms with E-state index in [1.807, 2.05) is 31.2 Å². The molecule has 1 saturated heterocycles. The zero-order valence-electron chi connectivity index (χ0n) is 14.9. The summed E-state index contributed by atoms with van der Waals surface area (Å²) in [5, 5.41) is 2.84. The van der Waals surface area contributed by atoms with E-state index in [9.17, 15) is 13.2 Å². The molecule has 2 aromatic rings. The predicted octanol–water partition coefficient (Wildman–Crippen LogP) is 2.72. The van der Waals surface area contributed by atoms with Crippen LogP contribution >= 0.6 is 0 Å². The van der Waals surface area contributed by atoms with Gasteiger partial charge >= 0.3 is 0 Å². The molecule has 26 heavy (non-hydrogen) atoms. The zero-order valence-corrected chi connectivity index (χ0v) is 15.7. The van der Waals surface area contributed by atoms with Gasteiger partial charge in [0.15, 0.2) is 0 Å². The molecule has 0 unspecified atom stereocenters. The fourth-order valence-corrected chi connectivity index (χ4v) is 4.64. The maximum absolute atomic E-state index is 12.4. The van der Waals surface area contributed by atoms with E-state index in [2.05, 4.69) is 5.32 Å². The van der Waals surface area contributed by atoms with Crippen molar-refractivity contribution >= 4 is 27.3 Å². The minimum absolute atomic E-state index is 0.147. The number of nitrogens with one attached hydrogen (secondary N) is 1. The smallest absolute Gasteiger partial charge is 0.235 e. The first-order valence-electron chi connectivity index (χ1n) is 8.43. The lowest BCUT2D eigenvalue weighted by molar-refractivity contribution is -0.115. The summed E-state index contributed by atoms with van der Waals surface area (Å²) in [5.74, 6) is 0.451. The Labute approximate surface area is 153 Å². The van der Waals surface area contributed by atoms with Crippen molar-refractivity contribution in [1.82, 2.24) is 0 Å². The number of amides is 1. The molecule has 0 aromatic heterocycles. The van der Waals surface area contributed by atoms with Gasteiger partial charge in [-0.3, -0.25) is 9.10 Å². The van der Waals surface area contributed by atoms with Gasteiger partial charge in [-0.15, -0.1) is 0 Å². The van der Waals surface area contributed by atoms with Crippen LogP contribution in [-0.2, 0) is 21.2 Å². The molecule has 1 fully saturated rings. The maximum atomic E-state index is 12.4. The molecule has 0 bridgehead atoms. The van der Waals surface area contributed by atoms with Crippen LogP contribution in [0.1, 0.15) is 17.5 Å². The number of rotatable bonds is 5. The van der Waals surface area contributed by atoms with Crippen LogP contribution in [0.4, 0.5) is 11.4 Å². The van der Waals surface area contributed by atoms with Gasteiger partial charge in [0.05, 0.1) is 30.7 Å². The summed E-state index contributed by atoms with van der Waals surface area (Å²) in [4.78, 5) is 12.4. The lowest BCUT2D eigenvalue weighted by Crippen LogP contribution is -2.25. The highest BCUT2D eigenvalue weighted by atomic mass is 32.2. The molecule has 3 rings (SSSR count). The molecule has 0 aliphatic carbocycles. The van der Waals surface area contributed by atoms with Crippen LogP contribution in [0.3, 0.4) is 0 Å². The minimum Gasteiger partial charge on any atom is -0.495 e. The number of anilines is 2. The second-order valence-electron chi connectivity index (χ2n) is 6.34. The molecule has 1 aliphatic rings. The van der Waals surface area contributed by atoms with E-state index < -0.39 is 10.0 Å². The summed E-state index contributed by atoms with van der Waals surface area (Å²) in [6.45, 7) is 2.43. The van der Waals surface area contributed by atoms with Crippen molar-refractivity contribution < 1.29 is 17.9 Å². The summed E-state index contributed by atoms with van der Waals surface area (Å²) in [6.07, 6.45) is 0.834. The van der Waals surface area contributed by atoms with Crippen LogP contribution in [0.5, 0.6) is 5.75 Å². The minimum atomic E-state index is -3.28. The van der Waals surface area contributed by atoms with Crippen LogP contribution in [0.25, 0.3) is 0 Å². The molecular formula is C19H22N2O4S.